The lowest BCUT2D eigenvalue weighted by Crippen LogP contribution is -2.14. The number of nitrogens with zero attached hydrogens (tertiary/aromatic N) is 5. The van der Waals surface area contributed by atoms with Crippen LogP contribution in [0.25, 0.3) is 15.9 Å². The second kappa shape index (κ2) is 8.72. The quantitative estimate of drug-likeness (QED) is 0.443. The van der Waals surface area contributed by atoms with Gasteiger partial charge in [0, 0.05) is 5.69 Å². The van der Waals surface area contributed by atoms with E-state index in [1.807, 2.05) is 48.5 Å². The summed E-state index contributed by atoms with van der Waals surface area (Å²) in [5.74, 6) is 1.09. The number of tetrazole rings is 1. The fourth-order valence-corrected chi connectivity index (χ4v) is 5.19. The van der Waals surface area contributed by atoms with Crippen LogP contribution < -0.4 is 5.32 Å². The topological polar surface area (TPSA) is 85.6 Å². The number of anilines is 1. The molecular weight excluding hydrogens is 412 g/mol. The van der Waals surface area contributed by atoms with Gasteiger partial charge in [-0.3, -0.25) is 4.79 Å². The van der Waals surface area contributed by atoms with Gasteiger partial charge in [-0.05, 0) is 46.5 Å². The molecule has 0 bridgehead atoms. The second-order valence-corrected chi connectivity index (χ2v) is 9.13. The smallest absolute Gasteiger partial charge is 0.234 e. The molecule has 0 aliphatic rings. The Labute approximate surface area is 173 Å². The van der Waals surface area contributed by atoms with Gasteiger partial charge in [0.05, 0.1) is 21.7 Å². The molecule has 0 unspecified atom stereocenters. The molecule has 0 spiro atoms. The van der Waals surface area contributed by atoms with Crippen molar-refractivity contribution in [1.82, 2.24) is 25.2 Å². The summed E-state index contributed by atoms with van der Waals surface area (Å²) < 4.78 is 3.73. The third-order valence-electron chi connectivity index (χ3n) is 3.69. The standard InChI is InChI=1S/C18H16N6OS3/c1-2-26-18-20-14-9-8-12(10-15(14)28-18)19-16(25)11-27-17-21-22-23-24(17)13-6-4-3-5-7-13/h3-10H,2,11H2,1H3,(H,19,25). The van der Waals surface area contributed by atoms with E-state index < -0.39 is 0 Å². The lowest BCUT2D eigenvalue weighted by Gasteiger charge is -2.06. The van der Waals surface area contributed by atoms with Crippen LogP contribution in [0.4, 0.5) is 5.69 Å². The number of thiazole rings is 1. The van der Waals surface area contributed by atoms with E-state index in [-0.39, 0.29) is 11.7 Å². The molecule has 7 nitrogen and oxygen atoms in total. The summed E-state index contributed by atoms with van der Waals surface area (Å²) in [6.45, 7) is 2.11. The number of nitrogens with one attached hydrogen (secondary N) is 1. The maximum atomic E-state index is 12.4. The first kappa shape index (κ1) is 18.9. The first-order valence-corrected chi connectivity index (χ1v) is 11.3. The molecule has 4 rings (SSSR count). The largest absolute Gasteiger partial charge is 0.325 e. The molecule has 0 atom stereocenters. The third kappa shape index (κ3) is 4.34. The van der Waals surface area contributed by atoms with E-state index in [9.17, 15) is 4.79 Å². The van der Waals surface area contributed by atoms with Crippen molar-refractivity contribution in [2.45, 2.75) is 16.4 Å². The summed E-state index contributed by atoms with van der Waals surface area (Å²) >= 11 is 4.65. The summed E-state index contributed by atoms with van der Waals surface area (Å²) in [6.07, 6.45) is 0. The second-order valence-electron chi connectivity index (χ2n) is 5.64. The molecule has 2 aromatic heterocycles. The molecule has 1 amide bonds. The highest BCUT2D eigenvalue weighted by atomic mass is 32.2. The van der Waals surface area contributed by atoms with E-state index in [0.29, 0.717) is 5.16 Å². The van der Waals surface area contributed by atoms with Crippen molar-refractivity contribution in [2.75, 3.05) is 16.8 Å². The van der Waals surface area contributed by atoms with Crippen molar-refractivity contribution in [3.63, 3.8) is 0 Å². The maximum Gasteiger partial charge on any atom is 0.234 e. The molecule has 0 saturated heterocycles. The van der Waals surface area contributed by atoms with Gasteiger partial charge in [0.15, 0.2) is 4.34 Å². The van der Waals surface area contributed by atoms with E-state index in [1.165, 1.54) is 11.8 Å². The van der Waals surface area contributed by atoms with E-state index in [0.717, 1.165) is 31.7 Å². The Balaban J connectivity index is 1.40. The van der Waals surface area contributed by atoms with Gasteiger partial charge in [-0.1, -0.05) is 48.6 Å². The van der Waals surface area contributed by atoms with Crippen molar-refractivity contribution in [2.24, 2.45) is 0 Å². The van der Waals surface area contributed by atoms with Crippen LogP contribution in [0.5, 0.6) is 0 Å². The molecule has 0 fully saturated rings. The summed E-state index contributed by atoms with van der Waals surface area (Å²) in [4.78, 5) is 16.9. The third-order valence-corrected chi connectivity index (χ3v) is 6.66. The predicted molar refractivity (Wildman–Crippen MR) is 115 cm³/mol. The van der Waals surface area contributed by atoms with Gasteiger partial charge in [0.1, 0.15) is 0 Å². The van der Waals surface area contributed by atoms with Crippen molar-refractivity contribution in [3.05, 3.63) is 48.5 Å². The van der Waals surface area contributed by atoms with Gasteiger partial charge in [0.2, 0.25) is 11.1 Å². The molecule has 0 saturated carbocycles. The monoisotopic (exact) mass is 428 g/mol. The Morgan fingerprint density at radius 1 is 1.18 bits per heavy atom. The van der Waals surface area contributed by atoms with Gasteiger partial charge in [-0.15, -0.1) is 16.4 Å². The molecule has 4 aromatic rings. The van der Waals surface area contributed by atoms with Gasteiger partial charge in [-0.2, -0.15) is 4.68 Å². The molecule has 0 aliphatic heterocycles. The number of carbonyl (C=O) groups excluding carboxylic acids is 1. The van der Waals surface area contributed by atoms with Gasteiger partial charge in [-0.25, -0.2) is 4.98 Å². The lowest BCUT2D eigenvalue weighted by atomic mass is 10.3. The number of hydrogen-bond acceptors (Lipinski definition) is 8. The Kier molecular flexibility index (Phi) is 5.89. The van der Waals surface area contributed by atoms with Crippen LogP contribution in [-0.2, 0) is 4.79 Å². The summed E-state index contributed by atoms with van der Waals surface area (Å²) in [7, 11) is 0. The summed E-state index contributed by atoms with van der Waals surface area (Å²) in [5, 5.41) is 15.2. The van der Waals surface area contributed by atoms with E-state index in [2.05, 4.69) is 32.7 Å². The number of benzene rings is 2. The number of aromatic nitrogens is 5. The Morgan fingerprint density at radius 2 is 2.04 bits per heavy atom. The molecule has 2 heterocycles. The van der Waals surface area contributed by atoms with Crippen LogP contribution in [0.1, 0.15) is 6.92 Å². The zero-order chi connectivity index (χ0) is 19.3. The SMILES string of the molecule is CCSc1nc2ccc(NC(=O)CSc3nnnn3-c3ccccc3)cc2s1. The average Bonchev–Trinajstić information content (AvgIpc) is 3.33. The molecule has 0 radical (unpaired) electrons. The molecule has 142 valence electrons. The summed E-state index contributed by atoms with van der Waals surface area (Å²) in [5.41, 5.74) is 2.57. The van der Waals surface area contributed by atoms with Crippen LogP contribution in [0.15, 0.2) is 58.0 Å². The van der Waals surface area contributed by atoms with E-state index >= 15 is 0 Å². The molecule has 2 aromatic carbocycles. The van der Waals surface area contributed by atoms with Crippen LogP contribution >= 0.6 is 34.9 Å². The van der Waals surface area contributed by atoms with Gasteiger partial charge in [0.25, 0.3) is 0 Å². The Morgan fingerprint density at radius 3 is 2.86 bits per heavy atom. The molecular formula is C18H16N6OS3. The molecule has 0 aliphatic carbocycles. The highest BCUT2D eigenvalue weighted by Crippen LogP contribution is 2.31. The van der Waals surface area contributed by atoms with Gasteiger partial charge >= 0.3 is 0 Å². The van der Waals surface area contributed by atoms with Crippen LogP contribution in [-0.4, -0.2) is 42.6 Å². The summed E-state index contributed by atoms with van der Waals surface area (Å²) in [6, 6.07) is 15.4. The van der Waals surface area contributed by atoms with E-state index in [4.69, 9.17) is 0 Å². The average molecular weight is 429 g/mol. The van der Waals surface area contributed by atoms with Crippen molar-refractivity contribution in [1.29, 1.82) is 0 Å². The van der Waals surface area contributed by atoms with Crippen LogP contribution in [0.3, 0.4) is 0 Å². The van der Waals surface area contributed by atoms with Crippen molar-refractivity contribution < 1.29 is 4.79 Å². The Bertz CT molecular complexity index is 1100. The molecule has 28 heavy (non-hydrogen) atoms. The lowest BCUT2D eigenvalue weighted by molar-refractivity contribution is -0.113. The number of rotatable bonds is 7. The van der Waals surface area contributed by atoms with Gasteiger partial charge < -0.3 is 5.32 Å². The zero-order valence-electron chi connectivity index (χ0n) is 14.9. The molecule has 1 N–H and O–H groups in total. The minimum absolute atomic E-state index is 0.111. The van der Waals surface area contributed by atoms with E-state index in [1.54, 1.807) is 27.8 Å². The molecule has 10 heteroatoms. The van der Waals surface area contributed by atoms with Crippen molar-refractivity contribution in [3.8, 4) is 5.69 Å². The zero-order valence-corrected chi connectivity index (χ0v) is 17.4. The van der Waals surface area contributed by atoms with Crippen molar-refractivity contribution >= 4 is 56.7 Å². The number of carbonyl (C=O) groups is 1. The number of hydrogen-bond donors (Lipinski definition) is 1. The highest BCUT2D eigenvalue weighted by Gasteiger charge is 2.12. The van der Waals surface area contributed by atoms with Crippen LogP contribution in [0, 0.1) is 0 Å². The number of fused-ring (bicyclic) bond motifs is 1. The minimum Gasteiger partial charge on any atom is -0.325 e. The fourth-order valence-electron chi connectivity index (χ4n) is 2.49. The number of amides is 1. The Hall–Kier alpha value is -2.43. The normalized spacial score (nSPS) is 11.0. The first-order chi connectivity index (χ1) is 13.7. The fraction of sp³-hybridized carbons (Fsp3) is 0.167. The number of para-hydroxylation sites is 1. The maximum absolute atomic E-state index is 12.4. The van der Waals surface area contributed by atoms with Crippen LogP contribution in [0.2, 0.25) is 0 Å². The number of thioether (sulfide) groups is 2. The predicted octanol–water partition coefficient (Wildman–Crippen LogP) is 4.11. The first-order valence-electron chi connectivity index (χ1n) is 8.53. The minimum atomic E-state index is -0.111. The highest BCUT2D eigenvalue weighted by molar-refractivity contribution is 8.01.